The number of oxime groups is 1. The van der Waals surface area contributed by atoms with Gasteiger partial charge in [-0.1, -0.05) is 61.5 Å². The summed E-state index contributed by atoms with van der Waals surface area (Å²) in [6.07, 6.45) is 1.71. The molecule has 0 unspecified atom stereocenters. The van der Waals surface area contributed by atoms with Crippen LogP contribution in [0.5, 0.6) is 0 Å². The summed E-state index contributed by atoms with van der Waals surface area (Å²) < 4.78 is 5.71. The van der Waals surface area contributed by atoms with Crippen molar-refractivity contribution in [3.63, 3.8) is 0 Å². The zero-order chi connectivity index (χ0) is 25.5. The van der Waals surface area contributed by atoms with Gasteiger partial charge in [-0.25, -0.2) is 4.79 Å². The summed E-state index contributed by atoms with van der Waals surface area (Å²) in [5.74, 6) is 1.13. The number of hydrogen-bond donors (Lipinski definition) is 0. The van der Waals surface area contributed by atoms with Crippen LogP contribution in [0.3, 0.4) is 0 Å². The van der Waals surface area contributed by atoms with E-state index < -0.39 is 5.97 Å². The van der Waals surface area contributed by atoms with Crippen molar-refractivity contribution in [3.05, 3.63) is 101 Å². The third-order valence-corrected chi connectivity index (χ3v) is 6.78. The average molecular weight is 500 g/mol. The van der Waals surface area contributed by atoms with Crippen molar-refractivity contribution in [2.45, 2.75) is 44.3 Å². The fourth-order valence-electron chi connectivity index (χ4n) is 3.69. The normalized spacial score (nSPS) is 11.7. The number of hydrogen-bond acceptors (Lipinski definition) is 6. The van der Waals surface area contributed by atoms with Gasteiger partial charge in [-0.15, -0.1) is 11.8 Å². The number of fused-ring (bicyclic) bond motifs is 1. The van der Waals surface area contributed by atoms with Gasteiger partial charge in [-0.05, 0) is 66.3 Å². The molecule has 0 radical (unpaired) electrons. The number of carbonyl (C=O) groups is 2. The van der Waals surface area contributed by atoms with Crippen molar-refractivity contribution < 1.29 is 18.8 Å². The molecule has 0 saturated heterocycles. The Labute approximate surface area is 215 Å². The van der Waals surface area contributed by atoms with Crippen molar-refractivity contribution in [1.82, 2.24) is 0 Å². The van der Waals surface area contributed by atoms with Crippen LogP contribution in [0.25, 0.3) is 11.0 Å². The fourth-order valence-corrected chi connectivity index (χ4v) is 4.54. The van der Waals surface area contributed by atoms with Crippen LogP contribution in [0.4, 0.5) is 0 Å². The van der Waals surface area contributed by atoms with Gasteiger partial charge in [0.05, 0.1) is 5.71 Å². The Kier molecular flexibility index (Phi) is 8.39. The molecule has 0 saturated carbocycles. The maximum Gasteiger partial charge on any atom is 0.331 e. The van der Waals surface area contributed by atoms with Gasteiger partial charge < -0.3 is 9.25 Å². The van der Waals surface area contributed by atoms with Crippen molar-refractivity contribution >= 4 is 40.2 Å². The van der Waals surface area contributed by atoms with Crippen LogP contribution in [-0.2, 0) is 15.4 Å². The molecule has 6 heteroatoms. The molecule has 0 aliphatic carbocycles. The van der Waals surface area contributed by atoms with Gasteiger partial charge in [-0.3, -0.25) is 4.79 Å². The van der Waals surface area contributed by atoms with E-state index in [2.05, 4.69) is 31.1 Å². The lowest BCUT2D eigenvalue weighted by Crippen LogP contribution is -2.06. The molecule has 3 aromatic carbocycles. The molecule has 0 aliphatic rings. The summed E-state index contributed by atoms with van der Waals surface area (Å²) in [5, 5.41) is 4.99. The van der Waals surface area contributed by atoms with E-state index in [0.717, 1.165) is 40.2 Å². The zero-order valence-corrected chi connectivity index (χ0v) is 21.5. The molecule has 0 N–H and O–H groups in total. The maximum absolute atomic E-state index is 12.8. The fraction of sp³-hybridized carbons (Fsp3) is 0.233. The minimum Gasteiger partial charge on any atom is -0.453 e. The largest absolute Gasteiger partial charge is 0.453 e. The first kappa shape index (κ1) is 25.5. The molecule has 1 heterocycles. The first-order valence-electron chi connectivity index (χ1n) is 12.0. The van der Waals surface area contributed by atoms with Gasteiger partial charge in [0.1, 0.15) is 5.58 Å². The number of para-hydroxylation sites is 1. The molecule has 0 aliphatic heterocycles. The maximum atomic E-state index is 12.8. The summed E-state index contributed by atoms with van der Waals surface area (Å²) in [5.41, 5.74) is 4.22. The molecular formula is C30H29NO4S. The van der Waals surface area contributed by atoms with E-state index in [0.29, 0.717) is 22.8 Å². The van der Waals surface area contributed by atoms with Crippen LogP contribution < -0.4 is 0 Å². The van der Waals surface area contributed by atoms with Crippen LogP contribution in [0.15, 0.2) is 93.3 Å². The highest BCUT2D eigenvalue weighted by Crippen LogP contribution is 2.26. The van der Waals surface area contributed by atoms with Gasteiger partial charge in [0.2, 0.25) is 5.78 Å². The molecule has 0 fully saturated rings. The average Bonchev–Trinajstić information content (AvgIpc) is 3.32. The molecule has 36 heavy (non-hydrogen) atoms. The van der Waals surface area contributed by atoms with Crippen molar-refractivity contribution in [1.29, 1.82) is 0 Å². The molecule has 184 valence electrons. The first-order valence-corrected chi connectivity index (χ1v) is 13.0. The minimum atomic E-state index is -0.421. The number of carbonyl (C=O) groups excluding carboxylic acids is 2. The van der Waals surface area contributed by atoms with E-state index in [1.807, 2.05) is 60.7 Å². The minimum absolute atomic E-state index is 0.123. The Morgan fingerprint density at radius 3 is 2.31 bits per heavy atom. The third kappa shape index (κ3) is 6.73. The predicted molar refractivity (Wildman–Crippen MR) is 144 cm³/mol. The molecule has 1 aromatic heterocycles. The number of furan rings is 1. The summed E-state index contributed by atoms with van der Waals surface area (Å²) in [6.45, 7) is 5.67. The van der Waals surface area contributed by atoms with E-state index in [1.165, 1.54) is 12.5 Å². The summed E-state index contributed by atoms with van der Waals surface area (Å²) in [6, 6.07) is 25.2. The van der Waals surface area contributed by atoms with Crippen molar-refractivity contribution in [2.24, 2.45) is 11.1 Å². The quantitative estimate of drug-likeness (QED) is 0.0736. The lowest BCUT2D eigenvalue weighted by molar-refractivity contribution is -0.140. The van der Waals surface area contributed by atoms with E-state index in [1.54, 1.807) is 17.8 Å². The first-order chi connectivity index (χ1) is 17.4. The zero-order valence-electron chi connectivity index (χ0n) is 20.7. The number of nitrogens with zero attached hydrogens (tertiary/aromatic N) is 1. The number of thioether (sulfide) groups is 1. The summed E-state index contributed by atoms with van der Waals surface area (Å²) in [7, 11) is 0. The second-order valence-electron chi connectivity index (χ2n) is 9.04. The lowest BCUT2D eigenvalue weighted by atomic mass is 10.00. The van der Waals surface area contributed by atoms with Gasteiger partial charge in [0.25, 0.3) is 0 Å². The van der Waals surface area contributed by atoms with Crippen molar-refractivity contribution in [2.75, 3.05) is 0 Å². The summed E-state index contributed by atoms with van der Waals surface area (Å²) in [4.78, 5) is 30.0. The number of ketones is 1. The number of rotatable bonds is 10. The molecular weight excluding hydrogens is 470 g/mol. The van der Waals surface area contributed by atoms with Crippen LogP contribution in [-0.4, -0.2) is 17.5 Å². The predicted octanol–water partition coefficient (Wildman–Crippen LogP) is 7.66. The molecule has 0 bridgehead atoms. The van der Waals surface area contributed by atoms with E-state index >= 15 is 0 Å². The van der Waals surface area contributed by atoms with Crippen LogP contribution in [0.1, 0.15) is 60.9 Å². The second-order valence-corrected chi connectivity index (χ2v) is 10.1. The summed E-state index contributed by atoms with van der Waals surface area (Å²) >= 11 is 1.70. The molecule has 4 rings (SSSR count). The van der Waals surface area contributed by atoms with Crippen LogP contribution >= 0.6 is 11.8 Å². The highest BCUT2D eigenvalue weighted by atomic mass is 32.2. The highest BCUT2D eigenvalue weighted by molar-refractivity contribution is 7.98. The Bertz CT molecular complexity index is 1340. The van der Waals surface area contributed by atoms with Gasteiger partial charge in [0, 0.05) is 28.5 Å². The number of benzene rings is 3. The SMILES string of the molecule is CC(=O)ON=C(CCC(C)C)c1ccc(CSc2ccc(C(=O)c3cc4ccccc4o3)cc2)cc1. The van der Waals surface area contributed by atoms with E-state index in [-0.39, 0.29) is 5.78 Å². The Morgan fingerprint density at radius 2 is 1.64 bits per heavy atom. The lowest BCUT2D eigenvalue weighted by Gasteiger charge is -2.09. The smallest absolute Gasteiger partial charge is 0.331 e. The van der Waals surface area contributed by atoms with Gasteiger partial charge >= 0.3 is 5.97 Å². The Hall–Kier alpha value is -3.64. The van der Waals surface area contributed by atoms with Crippen LogP contribution in [0, 0.1) is 5.92 Å². The van der Waals surface area contributed by atoms with E-state index in [4.69, 9.17) is 9.25 Å². The highest BCUT2D eigenvalue weighted by Gasteiger charge is 2.14. The molecule has 4 aromatic rings. The van der Waals surface area contributed by atoms with Gasteiger partial charge in [0.15, 0.2) is 5.76 Å². The van der Waals surface area contributed by atoms with E-state index in [9.17, 15) is 9.59 Å². The van der Waals surface area contributed by atoms with Gasteiger partial charge in [-0.2, -0.15) is 0 Å². The topological polar surface area (TPSA) is 68.9 Å². The Morgan fingerprint density at radius 1 is 0.944 bits per heavy atom. The molecule has 5 nitrogen and oxygen atoms in total. The molecule has 0 amide bonds. The van der Waals surface area contributed by atoms with Crippen molar-refractivity contribution in [3.8, 4) is 0 Å². The molecule has 0 spiro atoms. The monoisotopic (exact) mass is 499 g/mol. The third-order valence-electron chi connectivity index (χ3n) is 5.70. The van der Waals surface area contributed by atoms with Crippen LogP contribution in [0.2, 0.25) is 0 Å². The second kappa shape index (κ2) is 11.9. The molecule has 0 atom stereocenters. The Balaban J connectivity index is 1.37. The standard InChI is InChI=1S/C30H29NO4S/c1-20(2)8-17-27(31-35-21(3)32)23-11-9-22(10-12-23)19-36-26-15-13-24(14-16-26)30(33)29-18-25-6-4-5-7-28(25)34-29/h4-7,9-16,18,20H,8,17,19H2,1-3H3.